The minimum atomic E-state index is 0.300. The number of hydrogen-bond acceptors (Lipinski definition) is 4. The third-order valence-corrected chi connectivity index (χ3v) is 5.36. The van der Waals surface area contributed by atoms with E-state index in [4.69, 9.17) is 4.98 Å². The molecule has 0 radical (unpaired) electrons. The van der Waals surface area contributed by atoms with Gasteiger partial charge in [-0.25, -0.2) is 4.98 Å². The zero-order valence-corrected chi connectivity index (χ0v) is 16.1. The van der Waals surface area contributed by atoms with Crippen molar-refractivity contribution in [3.8, 4) is 11.3 Å². The van der Waals surface area contributed by atoms with Gasteiger partial charge in [0.2, 0.25) is 0 Å². The van der Waals surface area contributed by atoms with Gasteiger partial charge < -0.3 is 9.80 Å². The summed E-state index contributed by atoms with van der Waals surface area (Å²) >= 11 is 0. The standard InChI is InChI=1S/C21H27N5/c1-16-12-19-22-18(17-8-6-5-7-9-17)13-20(26(19)23-16)25(4)15-21(2)10-11-24(3)14-21/h5-9,12-13H,10-11,14-15H2,1-4H3/t21-/m0/s1. The highest BCUT2D eigenvalue weighted by molar-refractivity contribution is 5.67. The van der Waals surface area contributed by atoms with Crippen LogP contribution in [-0.2, 0) is 0 Å². The molecular formula is C21H27N5. The summed E-state index contributed by atoms with van der Waals surface area (Å²) in [5, 5.41) is 4.68. The van der Waals surface area contributed by atoms with E-state index in [1.165, 1.54) is 13.0 Å². The molecule has 1 fully saturated rings. The average Bonchev–Trinajstić information content (AvgIpc) is 3.15. The maximum absolute atomic E-state index is 4.84. The summed E-state index contributed by atoms with van der Waals surface area (Å²) < 4.78 is 1.98. The average molecular weight is 349 g/mol. The first-order valence-corrected chi connectivity index (χ1v) is 9.26. The monoisotopic (exact) mass is 349 g/mol. The fourth-order valence-corrected chi connectivity index (χ4v) is 4.16. The first-order valence-electron chi connectivity index (χ1n) is 9.26. The Morgan fingerprint density at radius 3 is 2.65 bits per heavy atom. The molecule has 1 saturated heterocycles. The Hall–Kier alpha value is -2.40. The molecule has 1 aromatic carbocycles. The van der Waals surface area contributed by atoms with E-state index in [2.05, 4.69) is 72.3 Å². The molecule has 0 saturated carbocycles. The molecule has 1 aliphatic rings. The summed E-state index contributed by atoms with van der Waals surface area (Å²) in [6.45, 7) is 7.72. The third-order valence-electron chi connectivity index (χ3n) is 5.36. The van der Waals surface area contributed by atoms with Crippen molar-refractivity contribution < 1.29 is 0 Å². The number of aromatic nitrogens is 3. The van der Waals surface area contributed by atoms with Crippen molar-refractivity contribution in [2.45, 2.75) is 20.3 Å². The number of nitrogens with zero attached hydrogens (tertiary/aromatic N) is 5. The van der Waals surface area contributed by atoms with Gasteiger partial charge in [0, 0.05) is 37.8 Å². The third kappa shape index (κ3) is 3.19. The van der Waals surface area contributed by atoms with Crippen LogP contribution in [0.2, 0.25) is 0 Å². The van der Waals surface area contributed by atoms with Crippen molar-refractivity contribution >= 4 is 11.5 Å². The zero-order valence-electron chi connectivity index (χ0n) is 16.1. The summed E-state index contributed by atoms with van der Waals surface area (Å²) in [6.07, 6.45) is 1.23. The number of likely N-dealkylation sites (tertiary alicyclic amines) is 1. The van der Waals surface area contributed by atoms with Gasteiger partial charge in [-0.05, 0) is 32.4 Å². The molecule has 26 heavy (non-hydrogen) atoms. The minimum absolute atomic E-state index is 0.300. The lowest BCUT2D eigenvalue weighted by molar-refractivity contribution is 0.314. The van der Waals surface area contributed by atoms with E-state index in [0.717, 1.165) is 41.5 Å². The second-order valence-corrected chi connectivity index (χ2v) is 8.08. The summed E-state index contributed by atoms with van der Waals surface area (Å²) in [5.41, 5.74) is 4.32. The molecule has 0 aliphatic carbocycles. The first-order chi connectivity index (χ1) is 12.4. The number of aryl methyl sites for hydroxylation is 1. The maximum atomic E-state index is 4.84. The molecule has 0 unspecified atom stereocenters. The normalized spacial score (nSPS) is 20.8. The van der Waals surface area contributed by atoms with Crippen molar-refractivity contribution in [1.82, 2.24) is 19.5 Å². The second kappa shape index (κ2) is 6.40. The van der Waals surface area contributed by atoms with Gasteiger partial charge in [-0.1, -0.05) is 37.3 Å². The van der Waals surface area contributed by atoms with Gasteiger partial charge in [-0.3, -0.25) is 0 Å². The number of anilines is 1. The van der Waals surface area contributed by atoms with E-state index in [9.17, 15) is 0 Å². The smallest absolute Gasteiger partial charge is 0.158 e. The van der Waals surface area contributed by atoms with E-state index in [1.54, 1.807) is 0 Å². The lowest BCUT2D eigenvalue weighted by Crippen LogP contribution is -2.36. The minimum Gasteiger partial charge on any atom is -0.359 e. The molecule has 3 aromatic rings. The van der Waals surface area contributed by atoms with Crippen LogP contribution in [0.5, 0.6) is 0 Å². The summed E-state index contributed by atoms with van der Waals surface area (Å²) in [6, 6.07) is 14.6. The molecule has 3 heterocycles. The van der Waals surface area contributed by atoms with Crippen LogP contribution < -0.4 is 4.90 Å². The highest BCUT2D eigenvalue weighted by Gasteiger charge is 2.33. The van der Waals surface area contributed by atoms with Crippen LogP contribution in [0.3, 0.4) is 0 Å². The van der Waals surface area contributed by atoms with Crippen LogP contribution in [0.15, 0.2) is 42.5 Å². The molecule has 1 aliphatic heterocycles. The molecule has 4 rings (SSSR count). The van der Waals surface area contributed by atoms with Gasteiger partial charge in [0.15, 0.2) is 5.65 Å². The number of fused-ring (bicyclic) bond motifs is 1. The Kier molecular flexibility index (Phi) is 4.19. The highest BCUT2D eigenvalue weighted by Crippen LogP contribution is 2.32. The van der Waals surface area contributed by atoms with Gasteiger partial charge in [0.25, 0.3) is 0 Å². The largest absolute Gasteiger partial charge is 0.359 e. The van der Waals surface area contributed by atoms with Gasteiger partial charge in [0.05, 0.1) is 11.4 Å². The highest BCUT2D eigenvalue weighted by atomic mass is 15.3. The van der Waals surface area contributed by atoms with Crippen molar-refractivity contribution in [1.29, 1.82) is 0 Å². The molecule has 0 amide bonds. The Morgan fingerprint density at radius 1 is 1.19 bits per heavy atom. The molecule has 1 atom stereocenters. The molecule has 0 bridgehead atoms. The van der Waals surface area contributed by atoms with Crippen molar-refractivity contribution in [3.05, 3.63) is 48.2 Å². The Morgan fingerprint density at radius 2 is 1.96 bits per heavy atom. The Bertz CT molecular complexity index is 917. The van der Waals surface area contributed by atoms with E-state index >= 15 is 0 Å². The molecular weight excluding hydrogens is 322 g/mol. The van der Waals surface area contributed by atoms with Crippen LogP contribution in [0.25, 0.3) is 16.9 Å². The van der Waals surface area contributed by atoms with Gasteiger partial charge in [-0.15, -0.1) is 0 Å². The van der Waals surface area contributed by atoms with Crippen LogP contribution in [-0.4, -0.2) is 53.2 Å². The fourth-order valence-electron chi connectivity index (χ4n) is 4.16. The number of benzene rings is 1. The van der Waals surface area contributed by atoms with E-state index in [-0.39, 0.29) is 0 Å². The fraction of sp³-hybridized carbons (Fsp3) is 0.429. The quantitative estimate of drug-likeness (QED) is 0.722. The van der Waals surface area contributed by atoms with Crippen molar-refractivity contribution in [3.63, 3.8) is 0 Å². The van der Waals surface area contributed by atoms with E-state index in [0.29, 0.717) is 5.41 Å². The number of rotatable bonds is 4. The maximum Gasteiger partial charge on any atom is 0.158 e. The summed E-state index contributed by atoms with van der Waals surface area (Å²) in [7, 11) is 4.38. The lowest BCUT2D eigenvalue weighted by Gasteiger charge is -2.31. The predicted molar refractivity (Wildman–Crippen MR) is 107 cm³/mol. The van der Waals surface area contributed by atoms with Crippen molar-refractivity contribution in [2.24, 2.45) is 5.41 Å². The summed E-state index contributed by atoms with van der Waals surface area (Å²) in [5.74, 6) is 1.10. The predicted octanol–water partition coefficient (Wildman–Crippen LogP) is 3.48. The van der Waals surface area contributed by atoms with Gasteiger partial charge in [0.1, 0.15) is 5.82 Å². The summed E-state index contributed by atoms with van der Waals surface area (Å²) in [4.78, 5) is 9.60. The topological polar surface area (TPSA) is 36.7 Å². The second-order valence-electron chi connectivity index (χ2n) is 8.08. The molecule has 5 nitrogen and oxygen atoms in total. The molecule has 2 aromatic heterocycles. The Labute approximate surface area is 155 Å². The molecule has 0 spiro atoms. The zero-order chi connectivity index (χ0) is 18.3. The van der Waals surface area contributed by atoms with Gasteiger partial charge in [-0.2, -0.15) is 9.61 Å². The number of hydrogen-bond donors (Lipinski definition) is 0. The SMILES string of the molecule is Cc1cc2nc(-c3ccccc3)cc(N(C)C[C@@]3(C)CCN(C)C3)n2n1. The first kappa shape index (κ1) is 17.0. The van der Waals surface area contributed by atoms with Crippen LogP contribution in [0.4, 0.5) is 5.82 Å². The van der Waals surface area contributed by atoms with Crippen LogP contribution in [0.1, 0.15) is 19.0 Å². The molecule has 0 N–H and O–H groups in total. The van der Waals surface area contributed by atoms with E-state index < -0.39 is 0 Å². The van der Waals surface area contributed by atoms with E-state index in [1.807, 2.05) is 17.5 Å². The molecule has 5 heteroatoms. The van der Waals surface area contributed by atoms with Crippen LogP contribution in [0, 0.1) is 12.3 Å². The van der Waals surface area contributed by atoms with Crippen LogP contribution >= 0.6 is 0 Å². The van der Waals surface area contributed by atoms with Gasteiger partial charge >= 0.3 is 0 Å². The molecule has 136 valence electrons. The van der Waals surface area contributed by atoms with Crippen molar-refractivity contribution in [2.75, 3.05) is 38.6 Å². The lowest BCUT2D eigenvalue weighted by atomic mass is 9.89. The Balaban J connectivity index is 1.75.